The Morgan fingerprint density at radius 1 is 1.14 bits per heavy atom. The number of hydrogen-bond acceptors (Lipinski definition) is 4. The van der Waals surface area contributed by atoms with Gasteiger partial charge in [-0.05, 0) is 74.0 Å². The predicted molar refractivity (Wildman–Crippen MR) is 155 cm³/mol. The lowest BCUT2D eigenvalue weighted by Gasteiger charge is -2.27. The summed E-state index contributed by atoms with van der Waals surface area (Å²) in [6, 6.07) is 10.9. The summed E-state index contributed by atoms with van der Waals surface area (Å²) in [5.74, 6) is 1.63. The lowest BCUT2D eigenvalue weighted by atomic mass is 10.0. The number of allylic oxidation sites excluding steroid dienone is 2. The van der Waals surface area contributed by atoms with E-state index in [-0.39, 0.29) is 5.82 Å². The van der Waals surface area contributed by atoms with Crippen LogP contribution in [0, 0.1) is 11.7 Å². The van der Waals surface area contributed by atoms with E-state index in [1.807, 2.05) is 42.3 Å². The van der Waals surface area contributed by atoms with Gasteiger partial charge in [-0.1, -0.05) is 59.1 Å². The van der Waals surface area contributed by atoms with E-state index in [0.29, 0.717) is 0 Å². The highest BCUT2D eigenvalue weighted by atomic mass is 32.2. The van der Waals surface area contributed by atoms with Gasteiger partial charge in [0.05, 0.1) is 18.7 Å². The van der Waals surface area contributed by atoms with Gasteiger partial charge in [-0.25, -0.2) is 9.37 Å². The van der Waals surface area contributed by atoms with E-state index in [9.17, 15) is 4.39 Å². The van der Waals surface area contributed by atoms with E-state index in [4.69, 9.17) is 4.74 Å². The van der Waals surface area contributed by atoms with Crippen molar-refractivity contribution in [2.75, 3.05) is 31.2 Å². The molecule has 198 valence electrons. The molecule has 1 atom stereocenters. The predicted octanol–water partition coefficient (Wildman–Crippen LogP) is 8.76. The Morgan fingerprint density at radius 2 is 1.89 bits per heavy atom. The van der Waals surface area contributed by atoms with Crippen LogP contribution < -0.4 is 4.90 Å². The van der Waals surface area contributed by atoms with Crippen LogP contribution in [-0.2, 0) is 4.74 Å². The summed E-state index contributed by atoms with van der Waals surface area (Å²) in [5, 5.41) is 0.899. The minimum absolute atomic E-state index is 0.211. The average molecular weight is 514 g/mol. The molecule has 3 heterocycles. The first-order chi connectivity index (χ1) is 17.5. The molecule has 1 aromatic carbocycles. The van der Waals surface area contributed by atoms with E-state index in [0.717, 1.165) is 53.8 Å². The third-order valence-corrected chi connectivity index (χ3v) is 7.05. The Labute approximate surface area is 222 Å². The molecule has 2 aromatic heterocycles. The molecule has 0 aliphatic carbocycles. The SMILES string of the molecule is CC.CCC/C(C)=C\CC(C)CC.Fc1ccc2c(ccn2Sc2ccc(N3CCOCC3)nc2)c1. The van der Waals surface area contributed by atoms with Crippen molar-refractivity contribution in [2.24, 2.45) is 5.92 Å². The fourth-order valence-corrected chi connectivity index (χ4v) is 4.59. The topological polar surface area (TPSA) is 30.3 Å². The van der Waals surface area contributed by atoms with E-state index < -0.39 is 0 Å². The van der Waals surface area contributed by atoms with Crippen molar-refractivity contribution in [2.45, 2.75) is 72.1 Å². The maximum absolute atomic E-state index is 13.3. The molecule has 0 saturated carbocycles. The molecule has 4 rings (SSSR count). The number of rotatable bonds is 8. The minimum Gasteiger partial charge on any atom is -0.378 e. The maximum Gasteiger partial charge on any atom is 0.128 e. The van der Waals surface area contributed by atoms with Crippen LogP contribution >= 0.6 is 11.9 Å². The average Bonchev–Trinajstić information content (AvgIpc) is 3.31. The molecule has 1 aliphatic heterocycles. The van der Waals surface area contributed by atoms with Gasteiger partial charge in [0.2, 0.25) is 0 Å². The van der Waals surface area contributed by atoms with E-state index in [1.165, 1.54) is 31.7 Å². The molecule has 4 nitrogen and oxygen atoms in total. The van der Waals surface area contributed by atoms with Crippen LogP contribution in [0.25, 0.3) is 10.9 Å². The quantitative estimate of drug-likeness (QED) is 0.282. The van der Waals surface area contributed by atoms with Gasteiger partial charge in [-0.2, -0.15) is 0 Å². The fraction of sp³-hybridized carbons (Fsp3) is 0.500. The Morgan fingerprint density at radius 3 is 2.53 bits per heavy atom. The molecule has 0 bridgehead atoms. The monoisotopic (exact) mass is 513 g/mol. The highest BCUT2D eigenvalue weighted by Gasteiger charge is 2.12. The standard InChI is InChI=1S/C17H16FN3OS.C11H22.C2H6/c18-14-1-3-16-13(11-14)5-6-21(16)23-15-2-4-17(19-12-15)20-7-9-22-10-8-20;1-5-7-11(4)9-8-10(3)6-2;1-2/h1-6,11-12H,7-10H2;9-10H,5-8H2,1-4H3;1-2H3/b;11-9-;. The summed E-state index contributed by atoms with van der Waals surface area (Å²) in [6.45, 7) is 16.3. The van der Waals surface area contributed by atoms with Gasteiger partial charge in [0.1, 0.15) is 11.6 Å². The summed E-state index contributed by atoms with van der Waals surface area (Å²) in [6.07, 6.45) is 11.4. The molecule has 0 amide bonds. The van der Waals surface area contributed by atoms with Crippen molar-refractivity contribution >= 4 is 28.7 Å². The highest BCUT2D eigenvalue weighted by Crippen LogP contribution is 2.27. The molecule has 1 unspecified atom stereocenters. The van der Waals surface area contributed by atoms with Gasteiger partial charge in [-0.3, -0.25) is 3.97 Å². The van der Waals surface area contributed by atoms with Gasteiger partial charge < -0.3 is 9.64 Å². The smallest absolute Gasteiger partial charge is 0.128 e. The Balaban J connectivity index is 0.000000300. The Kier molecular flexibility index (Phi) is 13.7. The number of nitrogens with zero attached hydrogens (tertiary/aromatic N) is 3. The van der Waals surface area contributed by atoms with E-state index >= 15 is 0 Å². The first kappa shape index (κ1) is 29.9. The largest absolute Gasteiger partial charge is 0.378 e. The number of benzene rings is 1. The normalized spacial score (nSPS) is 14.5. The zero-order valence-electron chi connectivity index (χ0n) is 23.0. The third kappa shape index (κ3) is 9.62. The zero-order valence-corrected chi connectivity index (χ0v) is 23.8. The number of ether oxygens (including phenoxy) is 1. The van der Waals surface area contributed by atoms with Crippen LogP contribution in [0.2, 0.25) is 0 Å². The summed E-state index contributed by atoms with van der Waals surface area (Å²) >= 11 is 1.57. The van der Waals surface area contributed by atoms with Gasteiger partial charge >= 0.3 is 0 Å². The van der Waals surface area contributed by atoms with Gasteiger partial charge in [0, 0.05) is 35.8 Å². The van der Waals surface area contributed by atoms with Gasteiger partial charge in [-0.15, -0.1) is 0 Å². The van der Waals surface area contributed by atoms with Crippen LogP contribution in [0.1, 0.15) is 67.2 Å². The number of hydrogen-bond donors (Lipinski definition) is 0. The molecule has 0 spiro atoms. The lowest BCUT2D eigenvalue weighted by Crippen LogP contribution is -2.36. The first-order valence-electron chi connectivity index (χ1n) is 13.4. The second-order valence-corrected chi connectivity index (χ2v) is 9.98. The van der Waals surface area contributed by atoms with Gasteiger partial charge in [0.15, 0.2) is 0 Å². The number of halogens is 1. The molecule has 3 aromatic rings. The zero-order chi connectivity index (χ0) is 26.3. The molecular formula is C30H44FN3OS. The molecule has 0 radical (unpaired) electrons. The first-order valence-corrected chi connectivity index (χ1v) is 14.2. The van der Waals surface area contributed by atoms with Crippen LogP contribution in [-0.4, -0.2) is 35.3 Å². The molecule has 1 saturated heterocycles. The molecular weight excluding hydrogens is 469 g/mol. The van der Waals surface area contributed by atoms with Crippen molar-refractivity contribution in [1.82, 2.24) is 8.96 Å². The number of anilines is 1. The molecule has 6 heteroatoms. The fourth-order valence-electron chi connectivity index (χ4n) is 3.75. The summed E-state index contributed by atoms with van der Waals surface area (Å²) in [5.41, 5.74) is 2.56. The van der Waals surface area contributed by atoms with E-state index in [1.54, 1.807) is 29.7 Å². The summed E-state index contributed by atoms with van der Waals surface area (Å²) in [4.78, 5) is 7.83. The van der Waals surface area contributed by atoms with Crippen molar-refractivity contribution in [3.63, 3.8) is 0 Å². The lowest BCUT2D eigenvalue weighted by molar-refractivity contribution is 0.122. The van der Waals surface area contributed by atoms with Crippen LogP contribution in [0.15, 0.2) is 65.3 Å². The summed E-state index contributed by atoms with van der Waals surface area (Å²) < 4.78 is 20.6. The molecule has 0 N–H and O–H groups in total. The minimum atomic E-state index is -0.211. The Hall–Kier alpha value is -2.31. The molecule has 1 aliphatic rings. The third-order valence-electron chi connectivity index (χ3n) is 6.09. The van der Waals surface area contributed by atoms with Crippen molar-refractivity contribution < 1.29 is 9.13 Å². The maximum atomic E-state index is 13.3. The molecule has 36 heavy (non-hydrogen) atoms. The second kappa shape index (κ2) is 16.4. The Bertz CT molecular complexity index is 1040. The van der Waals surface area contributed by atoms with Crippen molar-refractivity contribution in [3.05, 3.63) is 66.3 Å². The molecule has 1 fully saturated rings. The number of aromatic nitrogens is 2. The highest BCUT2D eigenvalue weighted by molar-refractivity contribution is 7.98. The number of fused-ring (bicyclic) bond motifs is 1. The van der Waals surface area contributed by atoms with Crippen LogP contribution in [0.4, 0.5) is 10.2 Å². The number of morpholine rings is 1. The van der Waals surface area contributed by atoms with Crippen LogP contribution in [0.5, 0.6) is 0 Å². The summed E-state index contributed by atoms with van der Waals surface area (Å²) in [7, 11) is 0. The van der Waals surface area contributed by atoms with Crippen molar-refractivity contribution in [1.29, 1.82) is 0 Å². The van der Waals surface area contributed by atoms with Crippen molar-refractivity contribution in [3.8, 4) is 0 Å². The van der Waals surface area contributed by atoms with E-state index in [2.05, 4.69) is 49.7 Å². The van der Waals surface area contributed by atoms with Gasteiger partial charge in [0.25, 0.3) is 0 Å². The second-order valence-electron chi connectivity index (χ2n) is 8.94. The van der Waals surface area contributed by atoms with Crippen LogP contribution in [0.3, 0.4) is 0 Å². The number of pyridine rings is 1.